The molecule has 1 saturated heterocycles. The number of aromatic nitrogens is 1. The molecule has 1 saturated carbocycles. The number of amides is 1. The third-order valence-corrected chi connectivity index (χ3v) is 7.08. The Labute approximate surface area is 169 Å². The summed E-state index contributed by atoms with van der Waals surface area (Å²) < 4.78 is 10.9. The van der Waals surface area contributed by atoms with Crippen molar-refractivity contribution in [3.8, 4) is 11.5 Å². The summed E-state index contributed by atoms with van der Waals surface area (Å²) in [5.41, 5.74) is 4.29. The number of ether oxygens (including phenoxy) is 2. The lowest BCUT2D eigenvalue weighted by Gasteiger charge is -2.33. The number of fused-ring (bicyclic) bond motifs is 1. The van der Waals surface area contributed by atoms with Crippen molar-refractivity contribution in [3.63, 3.8) is 0 Å². The van der Waals surface area contributed by atoms with Crippen molar-refractivity contribution in [2.24, 2.45) is 11.3 Å². The molecule has 0 bridgehead atoms. The molecule has 0 N–H and O–H groups in total. The molecular formula is C21H25N3O3S. The van der Waals surface area contributed by atoms with Gasteiger partial charge in [-0.3, -0.25) is 9.69 Å². The minimum Gasteiger partial charge on any atom is -0.454 e. The Kier molecular flexibility index (Phi) is 4.51. The van der Waals surface area contributed by atoms with Gasteiger partial charge < -0.3 is 14.4 Å². The van der Waals surface area contributed by atoms with Gasteiger partial charge in [0.2, 0.25) is 12.7 Å². The van der Waals surface area contributed by atoms with E-state index in [-0.39, 0.29) is 17.2 Å². The van der Waals surface area contributed by atoms with Gasteiger partial charge in [-0.15, -0.1) is 11.3 Å². The van der Waals surface area contributed by atoms with Crippen LogP contribution in [-0.4, -0.2) is 47.6 Å². The van der Waals surface area contributed by atoms with Crippen LogP contribution in [0.5, 0.6) is 11.5 Å². The van der Waals surface area contributed by atoms with E-state index in [9.17, 15) is 4.79 Å². The molecule has 2 aromatic rings. The fourth-order valence-corrected chi connectivity index (χ4v) is 5.16. The summed E-state index contributed by atoms with van der Waals surface area (Å²) in [5, 5.41) is 2.01. The normalized spacial score (nSPS) is 22.4. The number of benzene rings is 1. The van der Waals surface area contributed by atoms with E-state index in [1.165, 1.54) is 5.56 Å². The number of carbonyl (C=O) groups is 1. The number of hydrogen-bond donors (Lipinski definition) is 0. The van der Waals surface area contributed by atoms with Crippen LogP contribution in [0.4, 0.5) is 0 Å². The number of piperidine rings is 1. The van der Waals surface area contributed by atoms with E-state index in [2.05, 4.69) is 22.0 Å². The average Bonchev–Trinajstić information content (AvgIpc) is 3.07. The highest BCUT2D eigenvalue weighted by Crippen LogP contribution is 2.60. The molecule has 28 heavy (non-hydrogen) atoms. The Hall–Kier alpha value is -2.12. The SMILES string of the molecule is CN(Cc1cscn1)C(=O)C1CC12CCN(Cc1ccc3c(c1)OCO3)CC2. The molecule has 1 atom stereocenters. The fraction of sp³-hybridized carbons (Fsp3) is 0.524. The summed E-state index contributed by atoms with van der Waals surface area (Å²) in [5.74, 6) is 2.17. The van der Waals surface area contributed by atoms with Crippen LogP contribution in [0.2, 0.25) is 0 Å². The molecule has 148 valence electrons. The maximum atomic E-state index is 12.8. The largest absolute Gasteiger partial charge is 0.454 e. The zero-order valence-corrected chi connectivity index (χ0v) is 16.9. The van der Waals surface area contributed by atoms with Crippen LogP contribution < -0.4 is 9.47 Å². The van der Waals surface area contributed by atoms with Crippen molar-refractivity contribution in [1.82, 2.24) is 14.8 Å². The van der Waals surface area contributed by atoms with Gasteiger partial charge in [-0.2, -0.15) is 0 Å². The number of carbonyl (C=O) groups excluding carboxylic acids is 1. The Bertz CT molecular complexity index is 862. The van der Waals surface area contributed by atoms with E-state index >= 15 is 0 Å². The summed E-state index contributed by atoms with van der Waals surface area (Å²) in [4.78, 5) is 21.5. The lowest BCUT2D eigenvalue weighted by atomic mass is 9.90. The van der Waals surface area contributed by atoms with E-state index in [4.69, 9.17) is 9.47 Å². The molecule has 0 radical (unpaired) electrons. The van der Waals surface area contributed by atoms with Gasteiger partial charge in [0.05, 0.1) is 17.7 Å². The maximum Gasteiger partial charge on any atom is 0.231 e. The minimum absolute atomic E-state index is 0.198. The van der Waals surface area contributed by atoms with E-state index in [0.717, 1.165) is 56.1 Å². The van der Waals surface area contributed by atoms with Crippen LogP contribution in [-0.2, 0) is 17.9 Å². The third kappa shape index (κ3) is 3.37. The van der Waals surface area contributed by atoms with Crippen molar-refractivity contribution >= 4 is 17.2 Å². The van der Waals surface area contributed by atoms with Gasteiger partial charge in [-0.25, -0.2) is 4.98 Å². The highest BCUT2D eigenvalue weighted by molar-refractivity contribution is 7.07. The van der Waals surface area contributed by atoms with Gasteiger partial charge in [0.1, 0.15) is 0 Å². The first-order valence-corrected chi connectivity index (χ1v) is 10.8. The molecule has 5 rings (SSSR count). The Morgan fingerprint density at radius 1 is 1.32 bits per heavy atom. The number of likely N-dealkylation sites (tertiary alicyclic amines) is 1. The molecule has 2 aliphatic heterocycles. The standard InChI is InChI=1S/C21H25N3O3S/c1-23(11-16-12-28-13-22-16)20(25)17-9-21(17)4-6-24(7-5-21)10-15-2-3-18-19(8-15)27-14-26-18/h2-3,8,12-13,17H,4-7,9-11,14H2,1H3. The van der Waals surface area contributed by atoms with Crippen LogP contribution in [0.1, 0.15) is 30.5 Å². The van der Waals surface area contributed by atoms with Crippen LogP contribution in [0, 0.1) is 11.3 Å². The summed E-state index contributed by atoms with van der Waals surface area (Å²) in [6.45, 7) is 3.96. The second-order valence-corrected chi connectivity index (χ2v) is 8.98. The van der Waals surface area contributed by atoms with Crippen molar-refractivity contribution in [2.45, 2.75) is 32.4 Å². The molecule has 1 aliphatic carbocycles. The summed E-state index contributed by atoms with van der Waals surface area (Å²) in [6, 6.07) is 6.20. The second kappa shape index (κ2) is 7.04. The smallest absolute Gasteiger partial charge is 0.231 e. The first kappa shape index (κ1) is 17.9. The Morgan fingerprint density at radius 2 is 2.14 bits per heavy atom. The van der Waals surface area contributed by atoms with E-state index < -0.39 is 0 Å². The lowest BCUT2D eigenvalue weighted by Crippen LogP contribution is -2.37. The topological polar surface area (TPSA) is 54.9 Å². The maximum absolute atomic E-state index is 12.8. The molecule has 1 amide bonds. The molecule has 1 aromatic carbocycles. The molecule has 7 heteroatoms. The van der Waals surface area contributed by atoms with E-state index in [0.29, 0.717) is 13.3 Å². The quantitative estimate of drug-likeness (QED) is 0.773. The number of thiazole rings is 1. The predicted molar refractivity (Wildman–Crippen MR) is 106 cm³/mol. The molecule has 2 fully saturated rings. The number of rotatable bonds is 5. The molecule has 3 aliphatic rings. The highest BCUT2D eigenvalue weighted by atomic mass is 32.1. The van der Waals surface area contributed by atoms with Gasteiger partial charge in [0, 0.05) is 24.9 Å². The average molecular weight is 400 g/mol. The minimum atomic E-state index is 0.198. The van der Waals surface area contributed by atoms with Crippen molar-refractivity contribution < 1.29 is 14.3 Å². The molecule has 1 spiro atoms. The molecule has 1 unspecified atom stereocenters. The van der Waals surface area contributed by atoms with Gasteiger partial charge >= 0.3 is 0 Å². The number of hydrogen-bond acceptors (Lipinski definition) is 6. The Morgan fingerprint density at radius 3 is 2.93 bits per heavy atom. The van der Waals surface area contributed by atoms with Crippen LogP contribution >= 0.6 is 11.3 Å². The predicted octanol–water partition coefficient (Wildman–Crippen LogP) is 3.13. The van der Waals surface area contributed by atoms with Crippen molar-refractivity contribution in [1.29, 1.82) is 0 Å². The molecule has 3 heterocycles. The summed E-state index contributed by atoms with van der Waals surface area (Å²) >= 11 is 1.58. The second-order valence-electron chi connectivity index (χ2n) is 8.26. The zero-order chi connectivity index (χ0) is 19.1. The molecular weight excluding hydrogens is 374 g/mol. The Balaban J connectivity index is 1.14. The van der Waals surface area contributed by atoms with Crippen LogP contribution in [0.25, 0.3) is 0 Å². The van der Waals surface area contributed by atoms with E-state index in [1.54, 1.807) is 11.3 Å². The van der Waals surface area contributed by atoms with Crippen LogP contribution in [0.3, 0.4) is 0 Å². The van der Waals surface area contributed by atoms with Gasteiger partial charge in [-0.05, 0) is 55.5 Å². The summed E-state index contributed by atoms with van der Waals surface area (Å²) in [6.07, 6.45) is 3.27. The number of nitrogens with zero attached hydrogens (tertiary/aromatic N) is 3. The highest BCUT2D eigenvalue weighted by Gasteiger charge is 2.58. The third-order valence-electron chi connectivity index (χ3n) is 6.44. The summed E-state index contributed by atoms with van der Waals surface area (Å²) in [7, 11) is 1.91. The zero-order valence-electron chi connectivity index (χ0n) is 16.1. The fourth-order valence-electron chi connectivity index (χ4n) is 4.61. The van der Waals surface area contributed by atoms with Crippen molar-refractivity contribution in [2.75, 3.05) is 26.9 Å². The van der Waals surface area contributed by atoms with Gasteiger partial charge in [-0.1, -0.05) is 6.07 Å². The lowest BCUT2D eigenvalue weighted by molar-refractivity contribution is -0.133. The van der Waals surface area contributed by atoms with Gasteiger partial charge in [0.25, 0.3) is 0 Å². The van der Waals surface area contributed by atoms with E-state index in [1.807, 2.05) is 28.9 Å². The first-order valence-electron chi connectivity index (χ1n) is 9.86. The van der Waals surface area contributed by atoms with Crippen LogP contribution in [0.15, 0.2) is 29.1 Å². The van der Waals surface area contributed by atoms with Gasteiger partial charge in [0.15, 0.2) is 11.5 Å². The molecule has 6 nitrogen and oxygen atoms in total. The first-order chi connectivity index (χ1) is 13.6. The molecule has 1 aromatic heterocycles. The van der Waals surface area contributed by atoms with Crippen molar-refractivity contribution in [3.05, 3.63) is 40.3 Å². The monoisotopic (exact) mass is 399 g/mol.